The zero-order chi connectivity index (χ0) is 24.5. The van der Waals surface area contributed by atoms with E-state index in [1.54, 1.807) is 29.3 Å². The van der Waals surface area contributed by atoms with E-state index < -0.39 is 16.2 Å². The van der Waals surface area contributed by atoms with Crippen molar-refractivity contribution in [3.63, 3.8) is 0 Å². The molecule has 2 N–H and O–H groups in total. The summed E-state index contributed by atoms with van der Waals surface area (Å²) in [6.45, 7) is 11.8. The van der Waals surface area contributed by atoms with E-state index in [1.165, 1.54) is 15.4 Å². The number of urea groups is 1. The first-order chi connectivity index (χ1) is 15.4. The lowest BCUT2D eigenvalue weighted by atomic mass is 10.0. The Morgan fingerprint density at radius 1 is 1.21 bits per heavy atom. The van der Waals surface area contributed by atoms with E-state index >= 15 is 0 Å². The lowest BCUT2D eigenvalue weighted by Gasteiger charge is -2.37. The van der Waals surface area contributed by atoms with Gasteiger partial charge in [-0.1, -0.05) is 27.7 Å². The van der Waals surface area contributed by atoms with Gasteiger partial charge in [0.2, 0.25) is 0 Å². The molecule has 0 aliphatic carbocycles. The molecular formula is C22H36N6O3S2. The predicted molar refractivity (Wildman–Crippen MR) is 135 cm³/mol. The Labute approximate surface area is 201 Å². The van der Waals surface area contributed by atoms with Gasteiger partial charge in [-0.25, -0.2) is 13.8 Å². The van der Waals surface area contributed by atoms with E-state index in [2.05, 4.69) is 47.7 Å². The van der Waals surface area contributed by atoms with E-state index in [0.29, 0.717) is 30.3 Å². The number of carbonyl (C=O) groups is 1. The third-order valence-corrected chi connectivity index (χ3v) is 9.22. The number of aromatic nitrogens is 2. The number of carbonyl (C=O) groups excluding carboxylic acids is 1. The molecule has 11 heteroatoms. The second kappa shape index (κ2) is 10.0. The van der Waals surface area contributed by atoms with Crippen LogP contribution >= 0.6 is 11.3 Å². The first kappa shape index (κ1) is 25.5. The maximum absolute atomic E-state index is 13.5. The van der Waals surface area contributed by atoms with Crippen LogP contribution in [0.5, 0.6) is 0 Å². The first-order valence-corrected chi connectivity index (χ1v) is 13.6. The summed E-state index contributed by atoms with van der Waals surface area (Å²) in [5, 5.41) is 6.98. The molecule has 2 aromatic rings. The Kier molecular flexibility index (Phi) is 7.75. The van der Waals surface area contributed by atoms with E-state index in [0.717, 1.165) is 23.4 Å². The lowest BCUT2D eigenvalue weighted by molar-refractivity contribution is 0.251. The molecule has 2 aromatic heterocycles. The monoisotopic (exact) mass is 496 g/mol. The Bertz CT molecular complexity index is 1090. The molecule has 0 radical (unpaired) electrons. The van der Waals surface area contributed by atoms with Crippen molar-refractivity contribution in [2.45, 2.75) is 65.3 Å². The van der Waals surface area contributed by atoms with Crippen LogP contribution in [-0.4, -0.2) is 55.3 Å². The molecule has 184 valence electrons. The summed E-state index contributed by atoms with van der Waals surface area (Å²) in [7, 11) is -0.457. The predicted octanol–water partition coefficient (Wildman–Crippen LogP) is 4.00. The van der Waals surface area contributed by atoms with Gasteiger partial charge < -0.3 is 10.2 Å². The summed E-state index contributed by atoms with van der Waals surface area (Å²) in [6.07, 6.45) is 4.76. The number of nitrogens with zero attached hydrogens (tertiary/aromatic N) is 4. The summed E-state index contributed by atoms with van der Waals surface area (Å²) in [5.74, 6) is 0.525. The van der Waals surface area contributed by atoms with Crippen molar-refractivity contribution in [2.24, 2.45) is 7.05 Å². The van der Waals surface area contributed by atoms with Gasteiger partial charge in [0.15, 0.2) is 0 Å². The van der Waals surface area contributed by atoms with E-state index in [4.69, 9.17) is 0 Å². The van der Waals surface area contributed by atoms with Crippen LogP contribution in [0.2, 0.25) is 0 Å². The summed E-state index contributed by atoms with van der Waals surface area (Å²) in [6, 6.07) is -1.05. The standard InChI is InChI=1S/C22H36N6O3S2/c1-14(2)20-16(5)19(21(32-20)15(3)4)24-22(29)25-33(30,31)28(18-11-23-27(7)13-18)17-9-8-10-26(6)12-17/h11,13-15,17H,8-10,12H2,1-7H3,(H2,24,25,29)/t17-/m1/s1. The molecule has 1 aliphatic heterocycles. The summed E-state index contributed by atoms with van der Waals surface area (Å²) in [5.41, 5.74) is 2.13. The molecular weight excluding hydrogens is 460 g/mol. The zero-order valence-electron chi connectivity index (χ0n) is 20.5. The summed E-state index contributed by atoms with van der Waals surface area (Å²) < 4.78 is 32.0. The third-order valence-electron chi connectivity index (χ3n) is 5.86. The van der Waals surface area contributed by atoms with E-state index in [1.807, 2.05) is 14.0 Å². The Morgan fingerprint density at radius 3 is 2.42 bits per heavy atom. The fraction of sp³-hybridized carbons (Fsp3) is 0.636. The number of rotatable bonds is 7. The largest absolute Gasteiger partial charge is 0.334 e. The number of anilines is 2. The van der Waals surface area contributed by atoms with Crippen LogP contribution in [0.4, 0.5) is 16.2 Å². The van der Waals surface area contributed by atoms with Crippen LogP contribution in [0.3, 0.4) is 0 Å². The van der Waals surface area contributed by atoms with Crippen molar-refractivity contribution in [3.8, 4) is 0 Å². The maximum atomic E-state index is 13.5. The van der Waals surface area contributed by atoms with Crippen LogP contribution in [-0.2, 0) is 17.3 Å². The Morgan fingerprint density at radius 2 is 1.88 bits per heavy atom. The van der Waals surface area contributed by atoms with Crippen LogP contribution < -0.4 is 14.3 Å². The average Bonchev–Trinajstić information content (AvgIpc) is 3.25. The molecule has 0 bridgehead atoms. The van der Waals surface area contributed by atoms with Gasteiger partial charge >= 0.3 is 16.2 Å². The van der Waals surface area contributed by atoms with Crippen LogP contribution in [0.1, 0.15) is 67.7 Å². The first-order valence-electron chi connectivity index (χ1n) is 11.3. The number of amides is 2. The molecule has 1 saturated heterocycles. The fourth-order valence-corrected chi connectivity index (χ4v) is 6.96. The maximum Gasteiger partial charge on any atom is 0.334 e. The van der Waals surface area contributed by atoms with Crippen molar-refractivity contribution >= 4 is 39.0 Å². The number of hydrogen-bond donors (Lipinski definition) is 2. The molecule has 2 amide bonds. The molecule has 33 heavy (non-hydrogen) atoms. The number of piperidine rings is 1. The quantitative estimate of drug-likeness (QED) is 0.603. The highest BCUT2D eigenvalue weighted by Gasteiger charge is 2.35. The molecule has 9 nitrogen and oxygen atoms in total. The highest BCUT2D eigenvalue weighted by Crippen LogP contribution is 2.41. The highest BCUT2D eigenvalue weighted by atomic mass is 32.2. The van der Waals surface area contributed by atoms with Crippen molar-refractivity contribution in [1.29, 1.82) is 0 Å². The van der Waals surface area contributed by atoms with Gasteiger partial charge in [-0.15, -0.1) is 11.3 Å². The second-order valence-corrected chi connectivity index (χ2v) is 12.1. The van der Waals surface area contributed by atoms with E-state index in [-0.39, 0.29) is 12.0 Å². The molecule has 0 saturated carbocycles. The molecule has 1 fully saturated rings. The van der Waals surface area contributed by atoms with Crippen LogP contribution in [0.25, 0.3) is 0 Å². The lowest BCUT2D eigenvalue weighted by Crippen LogP contribution is -2.54. The average molecular weight is 497 g/mol. The van der Waals surface area contributed by atoms with Crippen molar-refractivity contribution in [3.05, 3.63) is 27.7 Å². The Hall–Kier alpha value is -2.11. The fourth-order valence-electron chi connectivity index (χ4n) is 4.37. The number of likely N-dealkylation sites (tertiary alicyclic amines) is 1. The molecule has 3 rings (SSSR count). The smallest absolute Gasteiger partial charge is 0.306 e. The topological polar surface area (TPSA) is 99.6 Å². The minimum absolute atomic E-state index is 0.206. The van der Waals surface area contributed by atoms with Gasteiger partial charge in [-0.2, -0.15) is 13.5 Å². The molecule has 0 unspecified atom stereocenters. The van der Waals surface area contributed by atoms with Gasteiger partial charge in [0.1, 0.15) is 0 Å². The van der Waals surface area contributed by atoms with Crippen molar-refractivity contribution in [2.75, 3.05) is 29.8 Å². The van der Waals surface area contributed by atoms with Gasteiger partial charge in [0.05, 0.1) is 23.6 Å². The zero-order valence-corrected chi connectivity index (χ0v) is 22.2. The van der Waals surface area contributed by atoms with Crippen molar-refractivity contribution < 1.29 is 13.2 Å². The summed E-state index contributed by atoms with van der Waals surface area (Å²) in [4.78, 5) is 17.3. The Balaban J connectivity index is 1.88. The summed E-state index contributed by atoms with van der Waals surface area (Å²) >= 11 is 1.67. The number of likely N-dealkylation sites (N-methyl/N-ethyl adjacent to an activating group) is 1. The van der Waals surface area contributed by atoms with Gasteiger partial charge in [-0.3, -0.25) is 4.68 Å². The van der Waals surface area contributed by atoms with Crippen molar-refractivity contribution in [1.82, 2.24) is 19.4 Å². The molecule has 0 spiro atoms. The third kappa shape index (κ3) is 5.70. The van der Waals surface area contributed by atoms with E-state index in [9.17, 15) is 13.2 Å². The SMILES string of the molecule is Cc1c(C(C)C)sc(C(C)C)c1NC(=O)NS(=O)(=O)N(c1cnn(C)c1)[C@@H]1CCCN(C)C1. The number of hydrogen-bond acceptors (Lipinski definition) is 6. The van der Waals surface area contributed by atoms with Crippen LogP contribution in [0.15, 0.2) is 12.4 Å². The number of aryl methyl sites for hydroxylation is 1. The normalized spacial score (nSPS) is 17.5. The molecule has 1 aliphatic rings. The minimum Gasteiger partial charge on any atom is -0.306 e. The van der Waals surface area contributed by atoms with Crippen LogP contribution in [0, 0.1) is 6.92 Å². The van der Waals surface area contributed by atoms with Gasteiger partial charge in [0, 0.05) is 29.5 Å². The number of thiophene rings is 1. The number of nitrogens with one attached hydrogen (secondary N) is 2. The molecule has 1 atom stereocenters. The molecule has 3 heterocycles. The molecule has 0 aromatic carbocycles. The van der Waals surface area contributed by atoms with Gasteiger partial charge in [-0.05, 0) is 50.8 Å². The highest BCUT2D eigenvalue weighted by molar-refractivity contribution is 7.91. The second-order valence-electron chi connectivity index (χ2n) is 9.43. The minimum atomic E-state index is -4.17. The van der Waals surface area contributed by atoms with Gasteiger partial charge in [0.25, 0.3) is 0 Å².